The van der Waals surface area contributed by atoms with Crippen LogP contribution in [0.15, 0.2) is 4.99 Å². The molecule has 11 atom stereocenters. The lowest BCUT2D eigenvalue weighted by Gasteiger charge is -2.44. The van der Waals surface area contributed by atoms with E-state index in [-0.39, 0.29) is 36.9 Å². The molecule has 2 rings (SSSR count). The number of nitrogens with zero attached hydrogens (tertiary/aromatic N) is 1. The molecule has 0 aromatic carbocycles. The molecule has 0 aromatic heterocycles. The first-order valence-corrected chi connectivity index (χ1v) is 22.2. The highest BCUT2D eigenvalue weighted by Crippen LogP contribution is 2.30. The Hall–Kier alpha value is -5.94. The summed E-state index contributed by atoms with van der Waals surface area (Å²) in [6.07, 6.45) is -9.47. The number of hydrogen-bond donors (Lipinski definition) is 10. The quantitative estimate of drug-likeness (QED) is 0.0174. The Morgan fingerprint density at radius 2 is 1.43 bits per heavy atom. The van der Waals surface area contributed by atoms with Crippen molar-refractivity contribution >= 4 is 92.8 Å². The van der Waals surface area contributed by atoms with Crippen LogP contribution in [0.4, 0.5) is 0 Å². The van der Waals surface area contributed by atoms with Crippen LogP contribution in [-0.2, 0) is 76.4 Å². The number of esters is 3. The Balaban J connectivity index is 2.54. The van der Waals surface area contributed by atoms with E-state index in [1.165, 1.54) is 13.8 Å². The highest BCUT2D eigenvalue weighted by atomic mass is 33.1. The van der Waals surface area contributed by atoms with Crippen molar-refractivity contribution in [1.82, 2.24) is 31.9 Å². The number of hydrogen-bond acceptors (Lipinski definition) is 19. The van der Waals surface area contributed by atoms with Gasteiger partial charge in [-0.05, 0) is 26.7 Å². The first-order valence-electron chi connectivity index (χ1n) is 19.7. The molecule has 0 bridgehead atoms. The predicted octanol–water partition coefficient (Wildman–Crippen LogP) is -4.50. The Kier molecular flexibility index (Phi) is 22.7. The fraction of sp³-hybridized carbons (Fsp3) is 0.667. The SMILES string of the molecule is CC(=O)N[C@H](C(=O)NC1CSSCC(C(=O)O)NC(=O)C(CC(=O)O)NC(=O)CNC(=O)C(CCCN=C(N)N)NC1=O)C(C)O[C@@H]1O[C@@H](C)[C@H](OC(C)=O)[C@@H](OC(C)=O)[C@H]1OC(C)=O. The first-order chi connectivity index (χ1) is 30.4. The molecule has 27 nitrogen and oxygen atoms in total. The number of nitrogens with one attached hydrogen (secondary N) is 6. The van der Waals surface area contributed by atoms with Crippen LogP contribution in [0.1, 0.15) is 60.8 Å². The van der Waals surface area contributed by atoms with E-state index in [0.29, 0.717) is 0 Å². The minimum Gasteiger partial charge on any atom is -0.481 e. The number of amides is 6. The molecule has 65 heavy (non-hydrogen) atoms. The van der Waals surface area contributed by atoms with Gasteiger partial charge >= 0.3 is 29.8 Å². The van der Waals surface area contributed by atoms with Crippen LogP contribution in [0.3, 0.4) is 0 Å². The molecule has 0 radical (unpaired) electrons. The number of ether oxygens (including phenoxy) is 5. The van der Waals surface area contributed by atoms with Gasteiger partial charge in [0, 0.05) is 45.7 Å². The maximum Gasteiger partial charge on any atom is 0.327 e. The first kappa shape index (κ1) is 55.2. The number of guanidine groups is 1. The zero-order valence-electron chi connectivity index (χ0n) is 36.1. The van der Waals surface area contributed by atoms with Gasteiger partial charge in [0.15, 0.2) is 30.6 Å². The number of carbonyl (C=O) groups excluding carboxylic acids is 9. The Labute approximate surface area is 379 Å². The normalized spacial score (nSPS) is 26.6. The fourth-order valence-corrected chi connectivity index (χ4v) is 8.39. The lowest BCUT2D eigenvalue weighted by molar-refractivity contribution is -0.309. The third-order valence-corrected chi connectivity index (χ3v) is 11.3. The third kappa shape index (κ3) is 19.4. The van der Waals surface area contributed by atoms with E-state index in [0.717, 1.165) is 49.3 Å². The number of nitrogens with two attached hydrogens (primary N) is 2. The molecule has 6 amide bonds. The smallest absolute Gasteiger partial charge is 0.327 e. The predicted molar refractivity (Wildman–Crippen MR) is 225 cm³/mol. The van der Waals surface area contributed by atoms with E-state index < -0.39 is 145 Å². The molecule has 364 valence electrons. The van der Waals surface area contributed by atoms with Crippen molar-refractivity contribution in [2.24, 2.45) is 16.5 Å². The van der Waals surface area contributed by atoms with Gasteiger partial charge in [-0.1, -0.05) is 21.6 Å². The number of carboxylic acid groups (broad SMARTS) is 2. The summed E-state index contributed by atoms with van der Waals surface area (Å²) in [5.41, 5.74) is 10.8. The van der Waals surface area contributed by atoms with Gasteiger partial charge < -0.3 is 77.3 Å². The van der Waals surface area contributed by atoms with Crippen molar-refractivity contribution in [2.75, 3.05) is 24.6 Å². The summed E-state index contributed by atoms with van der Waals surface area (Å²) in [5, 5.41) is 33.1. The molecule has 0 saturated carbocycles. The molecular formula is C36H55N9O18S2. The van der Waals surface area contributed by atoms with Gasteiger partial charge in [-0.25, -0.2) is 4.79 Å². The molecule has 2 saturated heterocycles. The van der Waals surface area contributed by atoms with Crippen LogP contribution in [0.2, 0.25) is 0 Å². The second-order valence-corrected chi connectivity index (χ2v) is 17.0. The van der Waals surface area contributed by atoms with Crippen molar-refractivity contribution in [3.63, 3.8) is 0 Å². The lowest BCUT2D eigenvalue weighted by atomic mass is 9.98. The maximum absolute atomic E-state index is 14.1. The van der Waals surface area contributed by atoms with Crippen molar-refractivity contribution < 1.29 is 86.6 Å². The molecule has 0 aliphatic carbocycles. The maximum atomic E-state index is 14.1. The number of carbonyl (C=O) groups is 11. The minimum atomic E-state index is -1.75. The summed E-state index contributed by atoms with van der Waals surface area (Å²) in [7, 11) is 1.65. The Morgan fingerprint density at radius 1 is 0.831 bits per heavy atom. The molecule has 2 heterocycles. The van der Waals surface area contributed by atoms with E-state index in [9.17, 15) is 63.0 Å². The largest absolute Gasteiger partial charge is 0.481 e. The number of aliphatic imine (C=N–C) groups is 1. The van der Waals surface area contributed by atoms with Crippen molar-refractivity contribution in [1.29, 1.82) is 0 Å². The number of carboxylic acids is 2. The molecular weight excluding hydrogens is 911 g/mol. The Bertz CT molecular complexity index is 1820. The second-order valence-electron chi connectivity index (χ2n) is 14.4. The molecule has 2 fully saturated rings. The van der Waals surface area contributed by atoms with Crippen LogP contribution in [0.5, 0.6) is 0 Å². The van der Waals surface area contributed by atoms with Crippen LogP contribution >= 0.6 is 21.6 Å². The fourth-order valence-electron chi connectivity index (χ4n) is 6.07. The standard InChI is InChI=1S/C36H55N9O18S2/c1-14(59-35-29(63-19(6)49)28(62-18(5)48)27(15(2)60-35)61-17(4)47)26(41-16(3)46)33(56)44-22-12-64-65-13-23(34(57)58)45-31(54)21(10-25(51)52)42-24(50)11-40-30(53)20(43-32(22)55)8-7-9-39-36(37)38/h14-15,20-23,26-29,35H,7-13H2,1-6H3,(H,40,53)(H,41,46)(H,42,50)(H,43,55)(H,44,56)(H,45,54)(H,51,52)(H,57,58)(H4,37,38,39)/t14?,15-,20?,21?,22?,23?,26-,27-,28+,29+,35+/m0/s1. The van der Waals surface area contributed by atoms with Gasteiger partial charge in [0.25, 0.3) is 0 Å². The number of aliphatic carboxylic acids is 2. The summed E-state index contributed by atoms with van der Waals surface area (Å²) in [6.45, 7) is 6.13. The Morgan fingerprint density at radius 3 is 2.00 bits per heavy atom. The zero-order valence-corrected chi connectivity index (χ0v) is 37.8. The minimum absolute atomic E-state index is 0.00400. The molecule has 2 aliphatic rings. The summed E-state index contributed by atoms with van der Waals surface area (Å²) < 4.78 is 28.0. The molecule has 5 unspecified atom stereocenters. The number of rotatable bonds is 16. The van der Waals surface area contributed by atoms with Gasteiger partial charge in [-0.3, -0.25) is 52.9 Å². The average molecular weight is 966 g/mol. The van der Waals surface area contributed by atoms with Gasteiger partial charge in [-0.15, -0.1) is 0 Å². The lowest BCUT2D eigenvalue weighted by Crippen LogP contribution is -2.63. The molecule has 0 spiro atoms. The van der Waals surface area contributed by atoms with Crippen molar-refractivity contribution in [3.8, 4) is 0 Å². The summed E-state index contributed by atoms with van der Waals surface area (Å²) in [6, 6.07) is -8.07. The van der Waals surface area contributed by atoms with Gasteiger partial charge in [0.2, 0.25) is 35.4 Å². The van der Waals surface area contributed by atoms with E-state index in [1.54, 1.807) is 0 Å². The topological polar surface area (TPSA) is 411 Å². The van der Waals surface area contributed by atoms with Crippen LogP contribution < -0.4 is 43.4 Å². The summed E-state index contributed by atoms with van der Waals surface area (Å²) >= 11 is 0. The van der Waals surface area contributed by atoms with Gasteiger partial charge in [0.1, 0.15) is 30.2 Å². The summed E-state index contributed by atoms with van der Waals surface area (Å²) in [5.74, 6) is -12.5. The summed E-state index contributed by atoms with van der Waals surface area (Å²) in [4.78, 5) is 144. The van der Waals surface area contributed by atoms with Crippen LogP contribution in [-0.4, -0.2) is 173 Å². The van der Waals surface area contributed by atoms with E-state index in [4.69, 9.17) is 35.2 Å². The van der Waals surface area contributed by atoms with E-state index in [1.807, 2.05) is 0 Å². The van der Waals surface area contributed by atoms with E-state index >= 15 is 0 Å². The van der Waals surface area contributed by atoms with Crippen LogP contribution in [0.25, 0.3) is 0 Å². The van der Waals surface area contributed by atoms with Crippen molar-refractivity contribution in [2.45, 2.75) is 128 Å². The average Bonchev–Trinajstić information content (AvgIpc) is 3.18. The zero-order chi connectivity index (χ0) is 49.1. The van der Waals surface area contributed by atoms with Gasteiger partial charge in [-0.2, -0.15) is 0 Å². The highest BCUT2D eigenvalue weighted by Gasteiger charge is 2.52. The molecule has 2 aliphatic heterocycles. The van der Waals surface area contributed by atoms with E-state index in [2.05, 4.69) is 36.9 Å². The third-order valence-electron chi connectivity index (χ3n) is 8.93. The van der Waals surface area contributed by atoms with Crippen LogP contribution in [0, 0.1) is 0 Å². The molecule has 29 heteroatoms. The van der Waals surface area contributed by atoms with Gasteiger partial charge in [0.05, 0.1) is 25.2 Å². The highest BCUT2D eigenvalue weighted by molar-refractivity contribution is 8.76. The monoisotopic (exact) mass is 965 g/mol. The molecule has 0 aromatic rings. The van der Waals surface area contributed by atoms with Crippen molar-refractivity contribution in [3.05, 3.63) is 0 Å². The molecule has 12 N–H and O–H groups in total. The second kappa shape index (κ2) is 26.8.